The van der Waals surface area contributed by atoms with Crippen molar-refractivity contribution in [3.05, 3.63) is 28.2 Å². The number of guanidine groups is 1. The second-order valence-corrected chi connectivity index (χ2v) is 6.59. The standard InChI is InChI=1S/C17H30N4S.HI/c1-6-9-10-13-21(5)17(18-8-3)19-12-11-16-20-15(7-2)14(4)22-16;/h6H,1,7-13H2,2-5H3,(H,18,19);1H. The Kier molecular flexibility index (Phi) is 12.4. The molecule has 0 bridgehead atoms. The maximum atomic E-state index is 4.72. The van der Waals surface area contributed by atoms with Crippen molar-refractivity contribution in [1.82, 2.24) is 15.2 Å². The van der Waals surface area contributed by atoms with E-state index in [4.69, 9.17) is 4.99 Å². The van der Waals surface area contributed by atoms with Gasteiger partial charge in [-0.25, -0.2) is 4.98 Å². The predicted molar refractivity (Wildman–Crippen MR) is 113 cm³/mol. The van der Waals surface area contributed by atoms with Gasteiger partial charge in [0.15, 0.2) is 5.96 Å². The Hall–Kier alpha value is -0.630. The Balaban J connectivity index is 0.00000484. The fourth-order valence-corrected chi connectivity index (χ4v) is 3.24. The van der Waals surface area contributed by atoms with Crippen LogP contribution in [0.25, 0.3) is 0 Å². The number of halogens is 1. The maximum Gasteiger partial charge on any atom is 0.193 e. The molecule has 1 aromatic rings. The first-order valence-corrected chi connectivity index (χ1v) is 8.99. The van der Waals surface area contributed by atoms with Crippen LogP contribution in [0.5, 0.6) is 0 Å². The predicted octanol–water partition coefficient (Wildman–Crippen LogP) is 4.04. The molecule has 6 heteroatoms. The molecule has 1 N–H and O–H groups in total. The van der Waals surface area contributed by atoms with Crippen LogP contribution in [-0.2, 0) is 12.8 Å². The van der Waals surface area contributed by atoms with Crippen LogP contribution in [0.15, 0.2) is 17.6 Å². The van der Waals surface area contributed by atoms with Crippen molar-refractivity contribution < 1.29 is 0 Å². The maximum absolute atomic E-state index is 4.72. The van der Waals surface area contributed by atoms with Gasteiger partial charge >= 0.3 is 0 Å². The van der Waals surface area contributed by atoms with Gasteiger partial charge in [-0.3, -0.25) is 4.99 Å². The lowest BCUT2D eigenvalue weighted by molar-refractivity contribution is 0.470. The number of allylic oxidation sites excluding steroid dienone is 1. The number of rotatable bonds is 9. The summed E-state index contributed by atoms with van der Waals surface area (Å²) in [6, 6.07) is 0. The van der Waals surface area contributed by atoms with Gasteiger partial charge in [-0.1, -0.05) is 13.0 Å². The minimum Gasteiger partial charge on any atom is -0.357 e. The largest absolute Gasteiger partial charge is 0.357 e. The van der Waals surface area contributed by atoms with E-state index >= 15 is 0 Å². The molecular weight excluding hydrogens is 419 g/mol. The molecule has 0 atom stereocenters. The molecule has 0 fully saturated rings. The monoisotopic (exact) mass is 450 g/mol. The van der Waals surface area contributed by atoms with Gasteiger partial charge < -0.3 is 10.2 Å². The van der Waals surface area contributed by atoms with Gasteiger partial charge in [0.1, 0.15) is 0 Å². The SMILES string of the molecule is C=CCCCN(C)C(=NCCc1nc(CC)c(C)s1)NCC.I. The van der Waals surface area contributed by atoms with Gasteiger partial charge in [0.2, 0.25) is 0 Å². The Labute approximate surface area is 162 Å². The Morgan fingerprint density at radius 2 is 2.17 bits per heavy atom. The van der Waals surface area contributed by atoms with Crippen LogP contribution in [0, 0.1) is 6.92 Å². The minimum absolute atomic E-state index is 0. The van der Waals surface area contributed by atoms with E-state index in [0.29, 0.717) is 0 Å². The number of nitrogens with one attached hydrogen (secondary N) is 1. The number of thiazole rings is 1. The fraction of sp³-hybridized carbons (Fsp3) is 0.647. The summed E-state index contributed by atoms with van der Waals surface area (Å²) in [6.07, 6.45) is 6.05. The Morgan fingerprint density at radius 3 is 2.74 bits per heavy atom. The molecule has 4 nitrogen and oxygen atoms in total. The molecule has 1 heterocycles. The third-order valence-electron chi connectivity index (χ3n) is 3.46. The van der Waals surface area contributed by atoms with Gasteiger partial charge in [0.25, 0.3) is 0 Å². The number of aliphatic imine (C=N–C) groups is 1. The lowest BCUT2D eigenvalue weighted by atomic mass is 10.3. The van der Waals surface area contributed by atoms with Gasteiger partial charge in [0.05, 0.1) is 10.7 Å². The zero-order valence-corrected chi connectivity index (χ0v) is 18.0. The topological polar surface area (TPSA) is 40.5 Å². The molecule has 132 valence electrons. The summed E-state index contributed by atoms with van der Waals surface area (Å²) in [5.41, 5.74) is 1.23. The number of aromatic nitrogens is 1. The molecule has 0 saturated carbocycles. The molecule has 0 aliphatic rings. The van der Waals surface area contributed by atoms with Crippen LogP contribution in [0.2, 0.25) is 0 Å². The molecule has 0 aliphatic heterocycles. The molecule has 0 spiro atoms. The molecule has 23 heavy (non-hydrogen) atoms. The smallest absolute Gasteiger partial charge is 0.193 e. The first-order chi connectivity index (χ1) is 10.6. The number of nitrogens with zero attached hydrogens (tertiary/aromatic N) is 3. The number of hydrogen-bond donors (Lipinski definition) is 1. The van der Waals surface area contributed by atoms with E-state index in [0.717, 1.165) is 51.3 Å². The zero-order valence-electron chi connectivity index (χ0n) is 14.9. The highest BCUT2D eigenvalue weighted by atomic mass is 127. The average molecular weight is 450 g/mol. The summed E-state index contributed by atoms with van der Waals surface area (Å²) in [5.74, 6) is 0.982. The van der Waals surface area contributed by atoms with Gasteiger partial charge in [-0.15, -0.1) is 41.9 Å². The second kappa shape index (κ2) is 12.8. The van der Waals surface area contributed by atoms with E-state index in [1.807, 2.05) is 6.08 Å². The van der Waals surface area contributed by atoms with Gasteiger partial charge in [-0.05, 0) is 33.1 Å². The van der Waals surface area contributed by atoms with E-state index in [1.165, 1.54) is 15.6 Å². The van der Waals surface area contributed by atoms with Crippen LogP contribution < -0.4 is 5.32 Å². The number of unbranched alkanes of at least 4 members (excludes halogenated alkanes) is 1. The zero-order chi connectivity index (χ0) is 16.4. The van der Waals surface area contributed by atoms with Crippen molar-refractivity contribution in [2.24, 2.45) is 4.99 Å². The van der Waals surface area contributed by atoms with E-state index in [2.05, 4.69) is 49.6 Å². The van der Waals surface area contributed by atoms with Crippen molar-refractivity contribution >= 4 is 41.3 Å². The highest BCUT2D eigenvalue weighted by Gasteiger charge is 2.07. The van der Waals surface area contributed by atoms with E-state index < -0.39 is 0 Å². The normalized spacial score (nSPS) is 11.0. The lowest BCUT2D eigenvalue weighted by Gasteiger charge is -2.21. The molecule has 1 aromatic heterocycles. The first kappa shape index (κ1) is 22.4. The third-order valence-corrected chi connectivity index (χ3v) is 4.53. The van der Waals surface area contributed by atoms with Crippen molar-refractivity contribution in [3.63, 3.8) is 0 Å². The van der Waals surface area contributed by atoms with Crippen molar-refractivity contribution in [2.75, 3.05) is 26.7 Å². The summed E-state index contributed by atoms with van der Waals surface area (Å²) in [5, 5.41) is 4.55. The Morgan fingerprint density at radius 1 is 1.43 bits per heavy atom. The van der Waals surface area contributed by atoms with Crippen LogP contribution in [0.3, 0.4) is 0 Å². The highest BCUT2D eigenvalue weighted by molar-refractivity contribution is 14.0. The van der Waals surface area contributed by atoms with Crippen LogP contribution in [0.4, 0.5) is 0 Å². The molecule has 0 unspecified atom stereocenters. The third kappa shape index (κ3) is 8.15. The van der Waals surface area contributed by atoms with Crippen LogP contribution >= 0.6 is 35.3 Å². The van der Waals surface area contributed by atoms with Crippen molar-refractivity contribution in [1.29, 1.82) is 0 Å². The van der Waals surface area contributed by atoms with Crippen LogP contribution in [-0.4, -0.2) is 42.5 Å². The molecule has 0 aliphatic carbocycles. The van der Waals surface area contributed by atoms with E-state index in [1.54, 1.807) is 11.3 Å². The number of aryl methyl sites for hydroxylation is 2. The minimum atomic E-state index is 0. The summed E-state index contributed by atoms with van der Waals surface area (Å²) in [4.78, 5) is 12.9. The van der Waals surface area contributed by atoms with Gasteiger partial charge in [0, 0.05) is 38.0 Å². The molecule has 0 amide bonds. The molecule has 1 rings (SSSR count). The Bertz CT molecular complexity index is 485. The quantitative estimate of drug-likeness (QED) is 0.203. The average Bonchev–Trinajstić information content (AvgIpc) is 2.86. The fourth-order valence-electron chi connectivity index (χ4n) is 2.23. The van der Waals surface area contributed by atoms with Crippen LogP contribution in [0.1, 0.15) is 42.3 Å². The highest BCUT2D eigenvalue weighted by Crippen LogP contribution is 2.18. The van der Waals surface area contributed by atoms with Gasteiger partial charge in [-0.2, -0.15) is 0 Å². The van der Waals surface area contributed by atoms with Crippen molar-refractivity contribution in [3.8, 4) is 0 Å². The second-order valence-electron chi connectivity index (χ2n) is 5.30. The summed E-state index contributed by atoms with van der Waals surface area (Å²) >= 11 is 1.80. The molecule has 0 aromatic carbocycles. The van der Waals surface area contributed by atoms with E-state index in [9.17, 15) is 0 Å². The summed E-state index contributed by atoms with van der Waals surface area (Å²) in [7, 11) is 2.09. The molecule has 0 radical (unpaired) electrons. The molecule has 0 saturated heterocycles. The summed E-state index contributed by atoms with van der Waals surface area (Å²) < 4.78 is 0. The number of hydrogen-bond acceptors (Lipinski definition) is 3. The first-order valence-electron chi connectivity index (χ1n) is 8.17. The molecular formula is C17H31IN4S. The van der Waals surface area contributed by atoms with Crippen molar-refractivity contribution in [2.45, 2.75) is 46.5 Å². The lowest BCUT2D eigenvalue weighted by Crippen LogP contribution is -2.39. The summed E-state index contributed by atoms with van der Waals surface area (Å²) in [6.45, 7) is 12.8. The van der Waals surface area contributed by atoms with E-state index in [-0.39, 0.29) is 24.0 Å².